The van der Waals surface area contributed by atoms with Crippen molar-refractivity contribution in [2.24, 2.45) is 0 Å². The van der Waals surface area contributed by atoms with Gasteiger partial charge in [-0.1, -0.05) is 13.8 Å². The van der Waals surface area contributed by atoms with E-state index in [9.17, 15) is 0 Å². The van der Waals surface area contributed by atoms with Crippen molar-refractivity contribution in [1.82, 2.24) is 25.5 Å². The summed E-state index contributed by atoms with van der Waals surface area (Å²) in [6, 6.07) is 0.464. The zero-order valence-corrected chi connectivity index (χ0v) is 10.7. The van der Waals surface area contributed by atoms with E-state index in [0.717, 1.165) is 18.9 Å². The summed E-state index contributed by atoms with van der Waals surface area (Å²) < 4.78 is 1.94. The van der Waals surface area contributed by atoms with Gasteiger partial charge in [0.15, 0.2) is 5.82 Å². The van der Waals surface area contributed by atoms with E-state index < -0.39 is 0 Å². The molecule has 1 atom stereocenters. The average Bonchev–Trinajstić information content (AvgIpc) is 2.87. The van der Waals surface area contributed by atoms with Crippen LogP contribution in [0, 0.1) is 0 Å². The second-order valence-electron chi connectivity index (χ2n) is 4.45. The largest absolute Gasteiger partial charge is 0.308 e. The van der Waals surface area contributed by atoms with E-state index in [1.54, 1.807) is 0 Å². The second-order valence-corrected chi connectivity index (χ2v) is 5.86. The number of hydrogen-bond acceptors (Lipinski definition) is 5. The first-order valence-electron chi connectivity index (χ1n) is 5.85. The van der Waals surface area contributed by atoms with Crippen LogP contribution in [0.15, 0.2) is 0 Å². The minimum absolute atomic E-state index is 0.464. The molecule has 2 rings (SSSR count). The van der Waals surface area contributed by atoms with Gasteiger partial charge < -0.3 is 5.32 Å². The quantitative estimate of drug-likeness (QED) is 0.835. The summed E-state index contributed by atoms with van der Waals surface area (Å²) in [4.78, 5) is 0. The highest BCUT2D eigenvalue weighted by Gasteiger charge is 2.18. The van der Waals surface area contributed by atoms with Crippen molar-refractivity contribution >= 4 is 11.8 Å². The molecule has 1 aliphatic heterocycles. The molecule has 6 heteroatoms. The maximum absolute atomic E-state index is 4.06. The molecule has 0 aromatic carbocycles. The van der Waals surface area contributed by atoms with Gasteiger partial charge in [-0.15, -0.1) is 5.10 Å². The lowest BCUT2D eigenvalue weighted by Gasteiger charge is -2.11. The van der Waals surface area contributed by atoms with Crippen molar-refractivity contribution in [3.8, 4) is 0 Å². The van der Waals surface area contributed by atoms with Crippen LogP contribution in [0.5, 0.6) is 0 Å². The third-order valence-corrected chi connectivity index (χ3v) is 4.06. The molecule has 1 N–H and O–H groups in total. The van der Waals surface area contributed by atoms with E-state index in [4.69, 9.17) is 0 Å². The van der Waals surface area contributed by atoms with Crippen molar-refractivity contribution in [2.45, 2.75) is 51.1 Å². The first-order valence-corrected chi connectivity index (χ1v) is 6.90. The molecule has 90 valence electrons. The van der Waals surface area contributed by atoms with Crippen LogP contribution in [0.2, 0.25) is 0 Å². The molecular weight excluding hydrogens is 222 g/mol. The van der Waals surface area contributed by atoms with E-state index in [2.05, 4.69) is 34.7 Å². The van der Waals surface area contributed by atoms with Gasteiger partial charge in [0, 0.05) is 11.3 Å². The Morgan fingerprint density at radius 1 is 1.56 bits per heavy atom. The Bertz CT molecular complexity index is 319. The van der Waals surface area contributed by atoms with Gasteiger partial charge in [-0.2, -0.15) is 11.8 Å². The number of tetrazole rings is 1. The summed E-state index contributed by atoms with van der Waals surface area (Å²) in [7, 11) is 0. The van der Waals surface area contributed by atoms with E-state index in [1.165, 1.54) is 18.6 Å². The fourth-order valence-electron chi connectivity index (χ4n) is 1.77. The Balaban J connectivity index is 1.90. The minimum atomic E-state index is 0.464. The topological polar surface area (TPSA) is 55.6 Å². The SMILES string of the molecule is CC(C)NCc1nnnn1CC1CCCS1. The average molecular weight is 241 g/mol. The van der Waals surface area contributed by atoms with E-state index >= 15 is 0 Å². The normalized spacial score (nSPS) is 20.8. The Kier molecular flexibility index (Phi) is 4.17. The number of rotatable bonds is 5. The van der Waals surface area contributed by atoms with Crippen LogP contribution in [0.3, 0.4) is 0 Å². The predicted molar refractivity (Wildman–Crippen MR) is 65.3 cm³/mol. The summed E-state index contributed by atoms with van der Waals surface area (Å²) >= 11 is 2.04. The molecule has 0 amide bonds. The molecule has 1 saturated heterocycles. The summed E-state index contributed by atoms with van der Waals surface area (Å²) in [5.41, 5.74) is 0. The summed E-state index contributed by atoms with van der Waals surface area (Å²) in [5, 5.41) is 15.9. The predicted octanol–water partition coefficient (Wildman–Crippen LogP) is 1.07. The molecule has 0 spiro atoms. The van der Waals surface area contributed by atoms with Crippen LogP contribution in [0.1, 0.15) is 32.5 Å². The summed E-state index contributed by atoms with van der Waals surface area (Å²) in [6.45, 7) is 5.96. The molecule has 1 aromatic heterocycles. The smallest absolute Gasteiger partial charge is 0.165 e. The zero-order chi connectivity index (χ0) is 11.4. The maximum Gasteiger partial charge on any atom is 0.165 e. The molecule has 0 radical (unpaired) electrons. The van der Waals surface area contributed by atoms with Crippen molar-refractivity contribution in [2.75, 3.05) is 5.75 Å². The fraction of sp³-hybridized carbons (Fsp3) is 0.900. The lowest BCUT2D eigenvalue weighted by Crippen LogP contribution is -2.25. The van der Waals surface area contributed by atoms with E-state index in [0.29, 0.717) is 11.3 Å². The molecule has 0 aliphatic carbocycles. The van der Waals surface area contributed by atoms with Crippen molar-refractivity contribution < 1.29 is 0 Å². The van der Waals surface area contributed by atoms with Gasteiger partial charge in [0.05, 0.1) is 13.1 Å². The lowest BCUT2D eigenvalue weighted by atomic mass is 10.2. The maximum atomic E-state index is 4.06. The highest BCUT2D eigenvalue weighted by Crippen LogP contribution is 2.27. The van der Waals surface area contributed by atoms with Crippen LogP contribution in [0.25, 0.3) is 0 Å². The van der Waals surface area contributed by atoms with E-state index in [1.807, 2.05) is 16.4 Å². The lowest BCUT2D eigenvalue weighted by molar-refractivity contribution is 0.505. The van der Waals surface area contributed by atoms with Gasteiger partial charge in [-0.05, 0) is 29.0 Å². The van der Waals surface area contributed by atoms with Gasteiger partial charge >= 0.3 is 0 Å². The molecule has 2 heterocycles. The number of thioether (sulfide) groups is 1. The van der Waals surface area contributed by atoms with Gasteiger partial charge in [-0.3, -0.25) is 0 Å². The van der Waals surface area contributed by atoms with Gasteiger partial charge in [0.25, 0.3) is 0 Å². The van der Waals surface area contributed by atoms with Crippen LogP contribution in [-0.2, 0) is 13.1 Å². The molecule has 1 unspecified atom stereocenters. The first kappa shape index (κ1) is 11.9. The Morgan fingerprint density at radius 2 is 2.44 bits per heavy atom. The van der Waals surface area contributed by atoms with E-state index in [-0.39, 0.29) is 0 Å². The monoisotopic (exact) mass is 241 g/mol. The minimum Gasteiger partial charge on any atom is -0.308 e. The number of aromatic nitrogens is 4. The highest BCUT2D eigenvalue weighted by atomic mass is 32.2. The highest BCUT2D eigenvalue weighted by molar-refractivity contribution is 8.00. The van der Waals surface area contributed by atoms with Crippen LogP contribution in [-0.4, -0.2) is 37.3 Å². The molecule has 1 fully saturated rings. The van der Waals surface area contributed by atoms with Crippen molar-refractivity contribution in [3.63, 3.8) is 0 Å². The number of nitrogens with zero attached hydrogens (tertiary/aromatic N) is 4. The van der Waals surface area contributed by atoms with Crippen LogP contribution in [0.4, 0.5) is 0 Å². The molecule has 16 heavy (non-hydrogen) atoms. The Labute approximate surface area is 100 Å². The van der Waals surface area contributed by atoms with Crippen molar-refractivity contribution in [3.05, 3.63) is 5.82 Å². The van der Waals surface area contributed by atoms with Crippen molar-refractivity contribution in [1.29, 1.82) is 0 Å². The molecular formula is C10H19N5S. The summed E-state index contributed by atoms with van der Waals surface area (Å²) in [5.74, 6) is 2.23. The van der Waals surface area contributed by atoms with Gasteiger partial charge in [0.1, 0.15) is 0 Å². The third kappa shape index (κ3) is 3.18. The van der Waals surface area contributed by atoms with Gasteiger partial charge in [0.2, 0.25) is 0 Å². The number of nitrogens with one attached hydrogen (secondary N) is 1. The molecule has 1 aromatic rings. The third-order valence-electron chi connectivity index (χ3n) is 2.68. The second kappa shape index (κ2) is 5.63. The fourth-order valence-corrected chi connectivity index (χ4v) is 3.01. The number of hydrogen-bond donors (Lipinski definition) is 1. The zero-order valence-electron chi connectivity index (χ0n) is 9.89. The molecule has 0 bridgehead atoms. The Morgan fingerprint density at radius 3 is 3.12 bits per heavy atom. The van der Waals surface area contributed by atoms with Crippen LogP contribution < -0.4 is 5.32 Å². The van der Waals surface area contributed by atoms with Crippen LogP contribution >= 0.6 is 11.8 Å². The molecule has 0 saturated carbocycles. The molecule has 5 nitrogen and oxygen atoms in total. The molecule has 1 aliphatic rings. The van der Waals surface area contributed by atoms with Gasteiger partial charge in [-0.25, -0.2) is 4.68 Å². The first-order chi connectivity index (χ1) is 7.75. The Hall–Kier alpha value is -0.620. The standard InChI is InChI=1S/C10H19N5S/c1-8(2)11-6-10-12-13-14-15(10)7-9-4-3-5-16-9/h8-9,11H,3-7H2,1-2H3. The summed E-state index contributed by atoms with van der Waals surface area (Å²) in [6.07, 6.45) is 2.62.